The largest absolute Gasteiger partial charge is 0.497 e. The molecular formula is C14H13N3OS. The Morgan fingerprint density at radius 2 is 2.26 bits per heavy atom. The van der Waals surface area contributed by atoms with Gasteiger partial charge in [-0.2, -0.15) is 5.26 Å². The zero-order valence-corrected chi connectivity index (χ0v) is 11.5. The molecule has 1 aromatic carbocycles. The maximum Gasteiger partial charge on any atom is 0.124 e. The summed E-state index contributed by atoms with van der Waals surface area (Å²) < 4.78 is 5.19. The molecule has 0 aliphatic carbocycles. The third-order valence-electron chi connectivity index (χ3n) is 2.58. The summed E-state index contributed by atoms with van der Waals surface area (Å²) in [5.41, 5.74) is 8.15. The van der Waals surface area contributed by atoms with Gasteiger partial charge in [0, 0.05) is 16.6 Å². The fourth-order valence-electron chi connectivity index (χ4n) is 1.62. The first-order valence-electron chi connectivity index (χ1n) is 5.62. The smallest absolute Gasteiger partial charge is 0.124 e. The number of nitrogens with zero attached hydrogens (tertiary/aromatic N) is 2. The van der Waals surface area contributed by atoms with Gasteiger partial charge in [0.1, 0.15) is 16.8 Å². The number of hydrogen-bond acceptors (Lipinski definition) is 5. The van der Waals surface area contributed by atoms with Gasteiger partial charge in [0.2, 0.25) is 0 Å². The van der Waals surface area contributed by atoms with Crippen molar-refractivity contribution < 1.29 is 4.74 Å². The van der Waals surface area contributed by atoms with E-state index >= 15 is 0 Å². The Morgan fingerprint density at radius 1 is 1.47 bits per heavy atom. The lowest BCUT2D eigenvalue weighted by molar-refractivity contribution is 0.415. The molecule has 0 spiro atoms. The van der Waals surface area contributed by atoms with Gasteiger partial charge in [0.15, 0.2) is 0 Å². The number of ether oxygens (including phenoxy) is 1. The van der Waals surface area contributed by atoms with Gasteiger partial charge in [0.05, 0.1) is 18.4 Å². The first kappa shape index (κ1) is 13.1. The number of thiazole rings is 1. The Kier molecular flexibility index (Phi) is 3.83. The Hall–Kier alpha value is -2.32. The summed E-state index contributed by atoms with van der Waals surface area (Å²) in [6.07, 6.45) is 0. The Morgan fingerprint density at radius 3 is 2.89 bits per heavy atom. The predicted octanol–water partition coefficient (Wildman–Crippen LogP) is 3.03. The summed E-state index contributed by atoms with van der Waals surface area (Å²) in [6.45, 7) is 1.70. The second-order valence-electron chi connectivity index (χ2n) is 3.94. The number of allylic oxidation sites excluding steroid dienone is 2. The van der Waals surface area contributed by atoms with Crippen molar-refractivity contribution in [1.29, 1.82) is 5.26 Å². The van der Waals surface area contributed by atoms with Crippen molar-refractivity contribution in [3.63, 3.8) is 0 Å². The van der Waals surface area contributed by atoms with Crippen LogP contribution in [0.2, 0.25) is 0 Å². The molecule has 96 valence electrons. The van der Waals surface area contributed by atoms with Gasteiger partial charge in [-0.1, -0.05) is 12.1 Å². The van der Waals surface area contributed by atoms with E-state index in [4.69, 9.17) is 15.7 Å². The van der Waals surface area contributed by atoms with Gasteiger partial charge >= 0.3 is 0 Å². The first-order valence-corrected chi connectivity index (χ1v) is 6.50. The van der Waals surface area contributed by atoms with Crippen LogP contribution >= 0.6 is 11.3 Å². The highest BCUT2D eigenvalue weighted by Gasteiger charge is 2.10. The van der Waals surface area contributed by atoms with Gasteiger partial charge in [-0.25, -0.2) is 4.98 Å². The summed E-state index contributed by atoms with van der Waals surface area (Å²) in [5.74, 6) is 0.778. The molecule has 0 saturated heterocycles. The molecule has 2 aromatic rings. The van der Waals surface area contributed by atoms with E-state index in [0.717, 1.165) is 16.3 Å². The zero-order chi connectivity index (χ0) is 13.8. The molecule has 1 aromatic heterocycles. The van der Waals surface area contributed by atoms with Crippen LogP contribution in [0.25, 0.3) is 16.1 Å². The van der Waals surface area contributed by atoms with Crippen LogP contribution in [0.3, 0.4) is 0 Å². The lowest BCUT2D eigenvalue weighted by atomic mass is 10.2. The highest BCUT2D eigenvalue weighted by Crippen LogP contribution is 2.29. The van der Waals surface area contributed by atoms with Gasteiger partial charge in [0.25, 0.3) is 0 Å². The van der Waals surface area contributed by atoms with Crippen LogP contribution in [0.5, 0.6) is 5.75 Å². The molecular weight excluding hydrogens is 258 g/mol. The molecule has 19 heavy (non-hydrogen) atoms. The minimum Gasteiger partial charge on any atom is -0.497 e. The maximum atomic E-state index is 9.07. The molecule has 0 fully saturated rings. The fraction of sp³-hybridized carbons (Fsp3) is 0.143. The van der Waals surface area contributed by atoms with Crippen molar-refractivity contribution in [1.82, 2.24) is 4.98 Å². The van der Waals surface area contributed by atoms with Gasteiger partial charge in [-0.05, 0) is 19.1 Å². The molecule has 0 unspecified atom stereocenters. The van der Waals surface area contributed by atoms with Gasteiger partial charge < -0.3 is 10.5 Å². The number of methoxy groups -OCH3 is 1. The summed E-state index contributed by atoms with van der Waals surface area (Å²) >= 11 is 1.48. The van der Waals surface area contributed by atoms with E-state index in [1.54, 1.807) is 14.0 Å². The normalized spacial score (nSPS) is 11.6. The topological polar surface area (TPSA) is 71.9 Å². The molecule has 0 atom stereocenters. The molecule has 4 nitrogen and oxygen atoms in total. The summed E-state index contributed by atoms with van der Waals surface area (Å²) in [7, 11) is 1.63. The van der Waals surface area contributed by atoms with Crippen LogP contribution in [-0.2, 0) is 0 Å². The van der Waals surface area contributed by atoms with Crippen molar-refractivity contribution in [2.75, 3.05) is 7.11 Å². The first-order chi connectivity index (χ1) is 9.15. The van der Waals surface area contributed by atoms with E-state index in [9.17, 15) is 0 Å². The number of aromatic nitrogens is 1. The molecule has 0 radical (unpaired) electrons. The number of benzene rings is 1. The minimum absolute atomic E-state index is 0.422. The standard InChI is InChI=1S/C14H13N3OS/c1-9(16)12(7-15)13-8-19-14(17-13)10-4-3-5-11(6-10)18-2/h3-6,8H,16H2,1-2H3/b12-9+. The molecule has 0 saturated carbocycles. The van der Waals surface area contributed by atoms with E-state index in [-0.39, 0.29) is 0 Å². The second kappa shape index (κ2) is 5.55. The quantitative estimate of drug-likeness (QED) is 0.871. The van der Waals surface area contributed by atoms with Gasteiger partial charge in [-0.3, -0.25) is 0 Å². The van der Waals surface area contributed by atoms with Crippen molar-refractivity contribution in [2.24, 2.45) is 5.73 Å². The van der Waals surface area contributed by atoms with E-state index in [2.05, 4.69) is 11.1 Å². The minimum atomic E-state index is 0.422. The second-order valence-corrected chi connectivity index (χ2v) is 4.80. The molecule has 0 aliphatic heterocycles. The molecule has 2 rings (SSSR count). The number of nitriles is 1. The van der Waals surface area contributed by atoms with Crippen molar-refractivity contribution in [2.45, 2.75) is 6.92 Å². The van der Waals surface area contributed by atoms with Crippen LogP contribution < -0.4 is 10.5 Å². The van der Waals surface area contributed by atoms with Gasteiger partial charge in [-0.15, -0.1) is 11.3 Å². The van der Waals surface area contributed by atoms with Crippen molar-refractivity contribution in [3.8, 4) is 22.4 Å². The lowest BCUT2D eigenvalue weighted by Crippen LogP contribution is -1.96. The highest BCUT2D eigenvalue weighted by molar-refractivity contribution is 7.13. The molecule has 2 N–H and O–H groups in total. The molecule has 0 bridgehead atoms. The third kappa shape index (κ3) is 2.75. The average molecular weight is 271 g/mol. The Bertz CT molecular complexity index is 663. The van der Waals surface area contributed by atoms with Crippen LogP contribution in [0.4, 0.5) is 0 Å². The SMILES string of the molecule is COc1cccc(-c2nc(/C(C#N)=C(\C)N)cs2)c1. The summed E-state index contributed by atoms with van der Waals surface area (Å²) in [6, 6.07) is 9.73. The third-order valence-corrected chi connectivity index (χ3v) is 3.47. The fourth-order valence-corrected chi connectivity index (χ4v) is 2.43. The van der Waals surface area contributed by atoms with E-state index in [1.165, 1.54) is 11.3 Å². The van der Waals surface area contributed by atoms with Crippen molar-refractivity contribution >= 4 is 16.9 Å². The zero-order valence-electron chi connectivity index (χ0n) is 10.7. The van der Waals surface area contributed by atoms with E-state index in [0.29, 0.717) is 17.0 Å². The summed E-state index contributed by atoms with van der Waals surface area (Å²) in [5, 5.41) is 11.7. The Balaban J connectivity index is 2.41. The number of hydrogen-bond donors (Lipinski definition) is 1. The van der Waals surface area contributed by atoms with Crippen LogP contribution in [-0.4, -0.2) is 12.1 Å². The average Bonchev–Trinajstić information content (AvgIpc) is 2.89. The number of nitrogens with two attached hydrogens (primary N) is 1. The predicted molar refractivity (Wildman–Crippen MR) is 76.5 cm³/mol. The van der Waals surface area contributed by atoms with Crippen molar-refractivity contribution in [3.05, 3.63) is 41.0 Å². The molecule has 0 aliphatic rings. The highest BCUT2D eigenvalue weighted by atomic mass is 32.1. The lowest BCUT2D eigenvalue weighted by Gasteiger charge is -2.01. The maximum absolute atomic E-state index is 9.07. The van der Waals surface area contributed by atoms with Crippen LogP contribution in [0.1, 0.15) is 12.6 Å². The van der Waals surface area contributed by atoms with E-state index in [1.807, 2.05) is 29.6 Å². The molecule has 5 heteroatoms. The molecule has 1 heterocycles. The summed E-state index contributed by atoms with van der Waals surface area (Å²) in [4.78, 5) is 4.45. The number of rotatable bonds is 3. The Labute approximate surface area is 115 Å². The molecule has 0 amide bonds. The van der Waals surface area contributed by atoms with Crippen LogP contribution in [0, 0.1) is 11.3 Å². The van der Waals surface area contributed by atoms with E-state index < -0.39 is 0 Å². The van der Waals surface area contributed by atoms with Crippen LogP contribution in [0.15, 0.2) is 35.3 Å². The monoisotopic (exact) mass is 271 g/mol.